The molecule has 1 rings (SSSR count). The molecule has 0 amide bonds. The van der Waals surface area contributed by atoms with Gasteiger partial charge in [-0.3, -0.25) is 0 Å². The molecule has 17 heavy (non-hydrogen) atoms. The van der Waals surface area contributed by atoms with Crippen molar-refractivity contribution < 1.29 is 12.9 Å². The van der Waals surface area contributed by atoms with Gasteiger partial charge < -0.3 is 4.52 Å². The summed E-state index contributed by atoms with van der Waals surface area (Å²) in [7, 11) is -0.607. The second kappa shape index (κ2) is 5.11. The highest BCUT2D eigenvalue weighted by molar-refractivity contribution is 7.87. The number of aromatic nitrogens is 2. The van der Waals surface area contributed by atoms with E-state index in [1.807, 2.05) is 13.8 Å². The van der Waals surface area contributed by atoms with Crippen LogP contribution in [0.2, 0.25) is 0 Å². The third-order valence-corrected chi connectivity index (χ3v) is 3.76. The normalized spacial score (nSPS) is 14.5. The smallest absolute Gasteiger partial charge is 0.279 e. The third-order valence-electron chi connectivity index (χ3n) is 2.15. The lowest BCUT2D eigenvalue weighted by Gasteiger charge is -2.14. The van der Waals surface area contributed by atoms with E-state index in [2.05, 4.69) is 14.9 Å². The zero-order valence-corrected chi connectivity index (χ0v) is 11.4. The Morgan fingerprint density at radius 3 is 2.29 bits per heavy atom. The van der Waals surface area contributed by atoms with E-state index in [9.17, 15) is 8.42 Å². The molecule has 0 saturated carbocycles. The first-order valence-electron chi connectivity index (χ1n) is 5.27. The summed E-state index contributed by atoms with van der Waals surface area (Å²) in [5.74, 6) is 0.972. The fraction of sp³-hybridized carbons (Fsp3) is 0.778. The van der Waals surface area contributed by atoms with Crippen molar-refractivity contribution in [3.8, 4) is 0 Å². The molecular formula is C9H18N4O3S. The van der Waals surface area contributed by atoms with E-state index < -0.39 is 16.3 Å². The first-order chi connectivity index (χ1) is 7.74. The van der Waals surface area contributed by atoms with Crippen LogP contribution >= 0.6 is 0 Å². The molecule has 0 aliphatic carbocycles. The second-order valence-corrected chi connectivity index (χ2v) is 6.19. The molecule has 1 atom stereocenters. The highest BCUT2D eigenvalue weighted by atomic mass is 32.2. The molecular weight excluding hydrogens is 244 g/mol. The van der Waals surface area contributed by atoms with Gasteiger partial charge in [0.1, 0.15) is 0 Å². The summed E-state index contributed by atoms with van der Waals surface area (Å²) < 4.78 is 31.7. The van der Waals surface area contributed by atoms with Crippen molar-refractivity contribution in [1.82, 2.24) is 19.2 Å². The van der Waals surface area contributed by atoms with Gasteiger partial charge in [-0.1, -0.05) is 19.0 Å². The Morgan fingerprint density at radius 1 is 1.29 bits per heavy atom. The van der Waals surface area contributed by atoms with E-state index in [4.69, 9.17) is 4.52 Å². The van der Waals surface area contributed by atoms with Crippen LogP contribution in [0.25, 0.3) is 0 Å². The van der Waals surface area contributed by atoms with Gasteiger partial charge >= 0.3 is 0 Å². The van der Waals surface area contributed by atoms with Crippen molar-refractivity contribution in [2.24, 2.45) is 0 Å². The maximum Gasteiger partial charge on any atom is 0.279 e. The van der Waals surface area contributed by atoms with Gasteiger partial charge in [0.05, 0.1) is 6.04 Å². The number of hydrogen-bond acceptors (Lipinski definition) is 5. The van der Waals surface area contributed by atoms with E-state index in [1.165, 1.54) is 14.1 Å². The summed E-state index contributed by atoms with van der Waals surface area (Å²) in [6, 6.07) is -0.553. The number of rotatable bonds is 5. The van der Waals surface area contributed by atoms with Gasteiger partial charge in [-0.05, 0) is 6.92 Å². The molecule has 1 N–H and O–H groups in total. The van der Waals surface area contributed by atoms with E-state index in [1.54, 1.807) is 6.92 Å². The van der Waals surface area contributed by atoms with Gasteiger partial charge in [-0.15, -0.1) is 0 Å². The molecule has 1 aromatic rings. The summed E-state index contributed by atoms with van der Waals surface area (Å²) in [6.07, 6.45) is 0. The van der Waals surface area contributed by atoms with Crippen LogP contribution in [0.5, 0.6) is 0 Å². The van der Waals surface area contributed by atoms with Gasteiger partial charge in [-0.2, -0.15) is 22.4 Å². The number of nitrogens with zero attached hydrogens (tertiary/aromatic N) is 3. The molecule has 0 aliphatic rings. The molecule has 1 heterocycles. The fourth-order valence-electron chi connectivity index (χ4n) is 1.04. The second-order valence-electron chi connectivity index (χ2n) is 4.27. The molecule has 1 aromatic heterocycles. The van der Waals surface area contributed by atoms with Gasteiger partial charge in [0.15, 0.2) is 5.82 Å². The van der Waals surface area contributed by atoms with E-state index in [0.29, 0.717) is 5.82 Å². The van der Waals surface area contributed by atoms with E-state index >= 15 is 0 Å². The van der Waals surface area contributed by atoms with Gasteiger partial charge in [0.25, 0.3) is 10.2 Å². The van der Waals surface area contributed by atoms with Crippen LogP contribution in [0.4, 0.5) is 0 Å². The highest BCUT2D eigenvalue weighted by Gasteiger charge is 2.22. The standard InChI is InChI=1S/C9H18N4O3S/c1-6(2)8-10-9(16-11-8)7(3)12-17(14,15)13(4)5/h6-7,12H,1-5H3. The SMILES string of the molecule is CC(C)c1noc(C(C)NS(=O)(=O)N(C)C)n1. The van der Waals surface area contributed by atoms with Crippen LogP contribution in [-0.2, 0) is 10.2 Å². The Labute approximate surface area is 101 Å². The lowest BCUT2D eigenvalue weighted by Crippen LogP contribution is -2.37. The maximum atomic E-state index is 11.6. The molecule has 98 valence electrons. The van der Waals surface area contributed by atoms with Crippen LogP contribution in [0.1, 0.15) is 44.4 Å². The average Bonchev–Trinajstić information content (AvgIpc) is 2.65. The average molecular weight is 262 g/mol. The molecule has 1 unspecified atom stereocenters. The fourth-order valence-corrected chi connectivity index (χ4v) is 1.80. The van der Waals surface area contributed by atoms with Gasteiger partial charge in [0.2, 0.25) is 5.89 Å². The van der Waals surface area contributed by atoms with Crippen molar-refractivity contribution in [1.29, 1.82) is 0 Å². The lowest BCUT2D eigenvalue weighted by atomic mass is 10.2. The summed E-state index contributed by atoms with van der Waals surface area (Å²) in [6.45, 7) is 5.52. The van der Waals surface area contributed by atoms with E-state index in [-0.39, 0.29) is 11.8 Å². The summed E-state index contributed by atoms with van der Waals surface area (Å²) in [5.41, 5.74) is 0. The molecule has 0 radical (unpaired) electrons. The van der Waals surface area contributed by atoms with Crippen LogP contribution in [0, 0.1) is 0 Å². The minimum absolute atomic E-state index is 0.144. The molecule has 8 heteroatoms. The predicted molar refractivity (Wildman–Crippen MR) is 62.5 cm³/mol. The Hall–Kier alpha value is -0.990. The van der Waals surface area contributed by atoms with Crippen LogP contribution in [0.15, 0.2) is 4.52 Å². The predicted octanol–water partition coefficient (Wildman–Crippen LogP) is 0.650. The van der Waals surface area contributed by atoms with Crippen LogP contribution in [-0.4, -0.2) is 37.0 Å². The molecule has 0 bridgehead atoms. The maximum absolute atomic E-state index is 11.6. The van der Waals surface area contributed by atoms with Gasteiger partial charge in [0, 0.05) is 20.0 Å². The topological polar surface area (TPSA) is 88.3 Å². The van der Waals surface area contributed by atoms with Crippen molar-refractivity contribution in [2.45, 2.75) is 32.7 Å². The van der Waals surface area contributed by atoms with Gasteiger partial charge in [-0.25, -0.2) is 0 Å². The summed E-state index contributed by atoms with van der Waals surface area (Å²) in [4.78, 5) is 4.13. The molecule has 0 fully saturated rings. The van der Waals surface area contributed by atoms with Crippen molar-refractivity contribution in [3.63, 3.8) is 0 Å². The summed E-state index contributed by atoms with van der Waals surface area (Å²) in [5, 5.41) is 3.78. The molecule has 0 aromatic carbocycles. The van der Waals surface area contributed by atoms with Crippen molar-refractivity contribution >= 4 is 10.2 Å². The number of nitrogens with one attached hydrogen (secondary N) is 1. The van der Waals surface area contributed by atoms with E-state index in [0.717, 1.165) is 4.31 Å². The number of hydrogen-bond donors (Lipinski definition) is 1. The first kappa shape index (κ1) is 14.1. The zero-order valence-electron chi connectivity index (χ0n) is 10.6. The molecule has 0 saturated heterocycles. The molecule has 0 spiro atoms. The molecule has 0 aliphatic heterocycles. The Balaban J connectivity index is 2.80. The third kappa shape index (κ3) is 3.48. The minimum atomic E-state index is -3.50. The Kier molecular flexibility index (Phi) is 4.23. The first-order valence-corrected chi connectivity index (χ1v) is 6.71. The lowest BCUT2D eigenvalue weighted by molar-refractivity contribution is 0.346. The quantitative estimate of drug-likeness (QED) is 0.841. The largest absolute Gasteiger partial charge is 0.338 e. The van der Waals surface area contributed by atoms with Crippen molar-refractivity contribution in [2.75, 3.05) is 14.1 Å². The zero-order chi connectivity index (χ0) is 13.2. The Morgan fingerprint density at radius 2 is 1.88 bits per heavy atom. The summed E-state index contributed by atoms with van der Waals surface area (Å²) >= 11 is 0. The highest BCUT2D eigenvalue weighted by Crippen LogP contribution is 2.15. The minimum Gasteiger partial charge on any atom is -0.338 e. The molecule has 7 nitrogen and oxygen atoms in total. The van der Waals surface area contributed by atoms with Crippen LogP contribution < -0.4 is 4.72 Å². The Bertz CT molecular complexity index is 466. The monoisotopic (exact) mass is 262 g/mol. The van der Waals surface area contributed by atoms with Crippen molar-refractivity contribution in [3.05, 3.63) is 11.7 Å². The van der Waals surface area contributed by atoms with Crippen LogP contribution in [0.3, 0.4) is 0 Å².